The molecule has 2 aliphatic rings. The van der Waals surface area contributed by atoms with Crippen LogP contribution in [0.5, 0.6) is 5.75 Å². The van der Waals surface area contributed by atoms with E-state index in [4.69, 9.17) is 18.9 Å². The van der Waals surface area contributed by atoms with Gasteiger partial charge in [-0.15, -0.1) is 0 Å². The van der Waals surface area contributed by atoms with Gasteiger partial charge in [0.15, 0.2) is 5.58 Å². The minimum Gasteiger partial charge on any atom is -0.490 e. The lowest BCUT2D eigenvalue weighted by atomic mass is 10.1. The van der Waals surface area contributed by atoms with Gasteiger partial charge in [-0.3, -0.25) is 4.79 Å². The van der Waals surface area contributed by atoms with E-state index in [9.17, 15) is 4.79 Å². The van der Waals surface area contributed by atoms with Crippen molar-refractivity contribution in [1.29, 1.82) is 0 Å². The van der Waals surface area contributed by atoms with E-state index >= 15 is 0 Å². The number of nitrogens with zero attached hydrogens (tertiary/aromatic N) is 3. The summed E-state index contributed by atoms with van der Waals surface area (Å²) in [7, 11) is 1.81. The molecule has 1 aromatic carbocycles. The van der Waals surface area contributed by atoms with Crippen LogP contribution in [0.25, 0.3) is 33.3 Å². The van der Waals surface area contributed by atoms with Gasteiger partial charge in [-0.1, -0.05) is 0 Å². The maximum Gasteiger partial charge on any atom is 0.229 e. The van der Waals surface area contributed by atoms with Crippen molar-refractivity contribution in [3.05, 3.63) is 36.7 Å². The van der Waals surface area contributed by atoms with Crippen molar-refractivity contribution in [2.75, 3.05) is 30.9 Å². The molecule has 0 spiro atoms. The highest BCUT2D eigenvalue weighted by atomic mass is 16.5. The Balaban J connectivity index is 1.36. The fourth-order valence-electron chi connectivity index (χ4n) is 4.23. The number of hydrogen-bond acceptors (Lipinski definition) is 8. The smallest absolute Gasteiger partial charge is 0.229 e. The van der Waals surface area contributed by atoms with Crippen LogP contribution in [0.2, 0.25) is 0 Å². The van der Waals surface area contributed by atoms with Crippen molar-refractivity contribution >= 4 is 39.4 Å². The molecule has 2 fully saturated rings. The highest BCUT2D eigenvalue weighted by Crippen LogP contribution is 2.35. The lowest BCUT2D eigenvalue weighted by Crippen LogP contribution is -2.25. The fourth-order valence-corrected chi connectivity index (χ4v) is 4.23. The highest BCUT2D eigenvalue weighted by molar-refractivity contribution is 6.03. The van der Waals surface area contributed by atoms with Crippen LogP contribution in [0.1, 0.15) is 25.7 Å². The van der Waals surface area contributed by atoms with Crippen molar-refractivity contribution in [1.82, 2.24) is 15.0 Å². The summed E-state index contributed by atoms with van der Waals surface area (Å²) in [5.41, 5.74) is 2.10. The molecule has 0 radical (unpaired) electrons. The van der Waals surface area contributed by atoms with E-state index in [1.165, 1.54) is 0 Å². The summed E-state index contributed by atoms with van der Waals surface area (Å²) < 4.78 is 17.6. The number of amides is 1. The lowest BCUT2D eigenvalue weighted by Gasteiger charge is -2.23. The molecule has 0 bridgehead atoms. The van der Waals surface area contributed by atoms with E-state index in [0.29, 0.717) is 28.6 Å². The molecule has 1 saturated heterocycles. The van der Waals surface area contributed by atoms with Gasteiger partial charge >= 0.3 is 0 Å². The molecule has 1 aliphatic carbocycles. The zero-order valence-corrected chi connectivity index (χ0v) is 18.8. The van der Waals surface area contributed by atoms with Crippen LogP contribution < -0.4 is 15.4 Å². The molecule has 9 nitrogen and oxygen atoms in total. The third-order valence-corrected chi connectivity index (χ3v) is 6.27. The molecule has 6 rings (SSSR count). The van der Waals surface area contributed by atoms with Crippen LogP contribution >= 0.6 is 0 Å². The number of anilines is 2. The van der Waals surface area contributed by atoms with E-state index < -0.39 is 0 Å². The van der Waals surface area contributed by atoms with Crippen molar-refractivity contribution in [2.24, 2.45) is 5.92 Å². The quantitative estimate of drug-likeness (QED) is 0.437. The van der Waals surface area contributed by atoms with Gasteiger partial charge in [0, 0.05) is 55.0 Å². The predicted molar refractivity (Wildman–Crippen MR) is 128 cm³/mol. The van der Waals surface area contributed by atoms with Crippen LogP contribution in [0, 0.1) is 5.92 Å². The predicted octanol–water partition coefficient (Wildman–Crippen LogP) is 4.39. The largest absolute Gasteiger partial charge is 0.490 e. The summed E-state index contributed by atoms with van der Waals surface area (Å²) in [6.07, 6.45) is 7.21. The first-order chi connectivity index (χ1) is 16.7. The standard InChI is InChI=1S/C25H25N5O4/c1-26-23-18-12-27-22(30-24(31)14-2-3-14)11-17(18)19(13-28-23)25-29-20-10-16(4-5-21(20)34-25)33-15-6-8-32-9-7-15/h4-5,10-15H,2-3,6-9H2,1H3,(H,26,28)(H,27,30,31). The molecule has 0 unspecified atom stereocenters. The van der Waals surface area contributed by atoms with Gasteiger partial charge in [0.2, 0.25) is 11.8 Å². The van der Waals surface area contributed by atoms with E-state index in [0.717, 1.165) is 61.0 Å². The number of fused-ring (bicyclic) bond motifs is 2. The molecular weight excluding hydrogens is 434 g/mol. The Bertz CT molecular complexity index is 1370. The molecule has 34 heavy (non-hydrogen) atoms. The van der Waals surface area contributed by atoms with E-state index in [2.05, 4.69) is 20.6 Å². The first-order valence-electron chi connectivity index (χ1n) is 11.6. The summed E-state index contributed by atoms with van der Waals surface area (Å²) in [6.45, 7) is 1.45. The van der Waals surface area contributed by atoms with E-state index in [1.807, 2.05) is 31.3 Å². The molecule has 174 valence electrons. The summed E-state index contributed by atoms with van der Waals surface area (Å²) in [5.74, 6) is 2.51. The SMILES string of the molecule is CNc1ncc(-c2nc3cc(OC4CCOCC4)ccc3o2)c2cc(NC(=O)C3CC3)ncc12. The zero-order valence-electron chi connectivity index (χ0n) is 18.8. The normalized spacial score (nSPS) is 16.6. The number of hydrogen-bond donors (Lipinski definition) is 2. The van der Waals surface area contributed by atoms with Gasteiger partial charge in [0.1, 0.15) is 29.0 Å². The molecule has 1 amide bonds. The summed E-state index contributed by atoms with van der Waals surface area (Å²) >= 11 is 0. The molecule has 9 heteroatoms. The minimum absolute atomic E-state index is 0.00946. The zero-order chi connectivity index (χ0) is 23.1. The molecule has 1 saturated carbocycles. The summed E-state index contributed by atoms with van der Waals surface area (Å²) in [4.78, 5) is 25.9. The third-order valence-electron chi connectivity index (χ3n) is 6.27. The lowest BCUT2D eigenvalue weighted by molar-refractivity contribution is -0.117. The molecule has 1 aliphatic heterocycles. The minimum atomic E-state index is 0.00946. The Morgan fingerprint density at radius 3 is 2.71 bits per heavy atom. The maximum absolute atomic E-state index is 12.3. The number of carbonyl (C=O) groups is 1. The number of ether oxygens (including phenoxy) is 2. The number of benzene rings is 1. The van der Waals surface area contributed by atoms with E-state index in [-0.39, 0.29) is 17.9 Å². The van der Waals surface area contributed by atoms with Gasteiger partial charge in [0.25, 0.3) is 0 Å². The average molecular weight is 460 g/mol. The summed E-state index contributed by atoms with van der Waals surface area (Å²) in [5, 5.41) is 7.67. The second kappa shape index (κ2) is 8.57. The van der Waals surface area contributed by atoms with Crippen LogP contribution in [0.3, 0.4) is 0 Å². The summed E-state index contributed by atoms with van der Waals surface area (Å²) in [6, 6.07) is 7.53. The Morgan fingerprint density at radius 1 is 1.06 bits per heavy atom. The molecule has 4 heterocycles. The van der Waals surface area contributed by atoms with Crippen molar-refractivity contribution in [2.45, 2.75) is 31.8 Å². The molecule has 3 aromatic heterocycles. The van der Waals surface area contributed by atoms with Gasteiger partial charge < -0.3 is 24.5 Å². The van der Waals surface area contributed by atoms with Gasteiger partial charge in [0.05, 0.1) is 18.8 Å². The Labute approximate surface area is 195 Å². The number of rotatable bonds is 6. The van der Waals surface area contributed by atoms with Crippen molar-refractivity contribution in [3.8, 4) is 17.2 Å². The van der Waals surface area contributed by atoms with Crippen molar-refractivity contribution < 1.29 is 18.7 Å². The second-order valence-corrected chi connectivity index (χ2v) is 8.73. The second-order valence-electron chi connectivity index (χ2n) is 8.73. The molecular formula is C25H25N5O4. The Kier molecular flexibility index (Phi) is 5.26. The molecule has 2 N–H and O–H groups in total. The van der Waals surface area contributed by atoms with Crippen LogP contribution in [-0.2, 0) is 9.53 Å². The number of nitrogens with one attached hydrogen (secondary N) is 2. The topological polar surface area (TPSA) is 111 Å². The number of oxazole rings is 1. The number of pyridine rings is 2. The van der Waals surface area contributed by atoms with Crippen LogP contribution in [0.15, 0.2) is 41.1 Å². The Morgan fingerprint density at radius 2 is 1.91 bits per heavy atom. The molecule has 4 aromatic rings. The monoisotopic (exact) mass is 459 g/mol. The third kappa shape index (κ3) is 4.03. The van der Waals surface area contributed by atoms with Gasteiger partial charge in [-0.25, -0.2) is 15.0 Å². The Hall–Kier alpha value is -3.72. The van der Waals surface area contributed by atoms with Gasteiger partial charge in [-0.05, 0) is 31.0 Å². The van der Waals surface area contributed by atoms with Crippen molar-refractivity contribution in [3.63, 3.8) is 0 Å². The first-order valence-corrected chi connectivity index (χ1v) is 11.6. The van der Waals surface area contributed by atoms with Gasteiger partial charge in [-0.2, -0.15) is 0 Å². The maximum atomic E-state index is 12.3. The first kappa shape index (κ1) is 20.9. The highest BCUT2D eigenvalue weighted by Gasteiger charge is 2.30. The number of aromatic nitrogens is 3. The van der Waals surface area contributed by atoms with Crippen LogP contribution in [0.4, 0.5) is 11.6 Å². The average Bonchev–Trinajstić information content (AvgIpc) is 3.63. The van der Waals surface area contributed by atoms with Crippen LogP contribution in [-0.4, -0.2) is 47.2 Å². The van der Waals surface area contributed by atoms with E-state index in [1.54, 1.807) is 12.4 Å². The fraction of sp³-hybridized carbons (Fsp3) is 0.360. The molecule has 0 atom stereocenters. The number of carbonyl (C=O) groups excluding carboxylic acids is 1.